The fraction of sp³-hybridized carbons (Fsp3) is 0.978. The van der Waals surface area contributed by atoms with E-state index in [1.165, 1.54) is 225 Å². The van der Waals surface area contributed by atoms with Gasteiger partial charge in [0, 0.05) is 13.0 Å². The Bertz CT molecular complexity index is 623. The number of unbranched alkanes of at least 4 members (excludes halogenated alkanes) is 36. The molecule has 0 aliphatic rings. The summed E-state index contributed by atoms with van der Waals surface area (Å²) in [5, 5.41) is 9.61. The van der Waals surface area contributed by atoms with Crippen molar-refractivity contribution in [3.8, 4) is 0 Å². The largest absolute Gasteiger partial charge is 0.457 e. The zero-order chi connectivity index (χ0) is 36.3. The summed E-state index contributed by atoms with van der Waals surface area (Å²) < 4.78 is 11.2. The third kappa shape index (κ3) is 41.8. The Morgan fingerprint density at radius 3 is 0.940 bits per heavy atom. The van der Waals surface area contributed by atoms with E-state index in [0.29, 0.717) is 19.6 Å². The Morgan fingerprint density at radius 2 is 0.660 bits per heavy atom. The topological polar surface area (TPSA) is 55.8 Å². The van der Waals surface area contributed by atoms with Crippen LogP contribution in [0.1, 0.15) is 264 Å². The molecule has 0 aliphatic carbocycles. The van der Waals surface area contributed by atoms with Gasteiger partial charge in [-0.15, -0.1) is 0 Å². The molecule has 4 nitrogen and oxygen atoms in total. The van der Waals surface area contributed by atoms with Gasteiger partial charge in [0.15, 0.2) is 0 Å². The zero-order valence-electron chi connectivity index (χ0n) is 34.4. The smallest absolute Gasteiger partial charge is 0.306 e. The second-order valence-corrected chi connectivity index (χ2v) is 15.8. The fourth-order valence-electron chi connectivity index (χ4n) is 7.21. The van der Waals surface area contributed by atoms with E-state index in [0.717, 1.165) is 19.3 Å². The molecule has 1 unspecified atom stereocenters. The van der Waals surface area contributed by atoms with Crippen LogP contribution in [0.15, 0.2) is 0 Å². The van der Waals surface area contributed by atoms with Gasteiger partial charge in [-0.25, -0.2) is 0 Å². The third-order valence-corrected chi connectivity index (χ3v) is 10.7. The van der Waals surface area contributed by atoms with E-state index in [4.69, 9.17) is 9.47 Å². The number of rotatable bonds is 44. The second kappa shape index (κ2) is 44.6. The van der Waals surface area contributed by atoms with Crippen LogP contribution in [0.25, 0.3) is 0 Å². The van der Waals surface area contributed by atoms with Gasteiger partial charge in [0.1, 0.15) is 6.10 Å². The lowest BCUT2D eigenvalue weighted by atomic mass is 10.0. The quantitative estimate of drug-likeness (QED) is 0.0506. The summed E-state index contributed by atoms with van der Waals surface area (Å²) in [6, 6.07) is 0. The van der Waals surface area contributed by atoms with Crippen LogP contribution in [0.2, 0.25) is 0 Å². The lowest BCUT2D eigenvalue weighted by Gasteiger charge is -2.16. The molecule has 1 N–H and O–H groups in total. The van der Waals surface area contributed by atoms with E-state index in [1.54, 1.807) is 0 Å². The predicted molar refractivity (Wildman–Crippen MR) is 219 cm³/mol. The van der Waals surface area contributed by atoms with Gasteiger partial charge < -0.3 is 14.6 Å². The number of hydrogen-bond donors (Lipinski definition) is 1. The van der Waals surface area contributed by atoms with Crippen molar-refractivity contribution in [2.45, 2.75) is 270 Å². The summed E-state index contributed by atoms with van der Waals surface area (Å²) in [4.78, 5) is 12.2. The van der Waals surface area contributed by atoms with E-state index in [9.17, 15) is 9.90 Å². The van der Waals surface area contributed by atoms with Crippen molar-refractivity contribution in [2.24, 2.45) is 0 Å². The number of esters is 1. The molecule has 0 radical (unpaired) electrons. The van der Waals surface area contributed by atoms with Crippen LogP contribution in [0, 0.1) is 0 Å². The summed E-state index contributed by atoms with van der Waals surface area (Å²) >= 11 is 0. The van der Waals surface area contributed by atoms with Crippen LogP contribution < -0.4 is 0 Å². The third-order valence-electron chi connectivity index (χ3n) is 10.7. The average Bonchev–Trinajstić information content (AvgIpc) is 3.12. The van der Waals surface area contributed by atoms with Crippen LogP contribution >= 0.6 is 0 Å². The van der Waals surface area contributed by atoms with Crippen molar-refractivity contribution in [2.75, 3.05) is 19.8 Å². The van der Waals surface area contributed by atoms with Crippen LogP contribution in [-0.2, 0) is 14.3 Å². The van der Waals surface area contributed by atoms with Crippen LogP contribution in [0.5, 0.6) is 0 Å². The Labute approximate surface area is 314 Å². The Hall–Kier alpha value is -0.610. The normalized spacial score (nSPS) is 12.1. The van der Waals surface area contributed by atoms with E-state index in [1.807, 2.05) is 0 Å². The first-order valence-electron chi connectivity index (χ1n) is 23.1. The Balaban J connectivity index is 3.32. The van der Waals surface area contributed by atoms with Crippen molar-refractivity contribution >= 4 is 5.97 Å². The molecule has 4 heteroatoms. The molecular formula is C46H92O4. The zero-order valence-corrected chi connectivity index (χ0v) is 34.4. The molecule has 0 aromatic heterocycles. The highest BCUT2D eigenvalue weighted by Gasteiger charge is 2.13. The molecule has 0 aromatic rings. The molecule has 0 heterocycles. The Kier molecular flexibility index (Phi) is 44.0. The maximum Gasteiger partial charge on any atom is 0.306 e. The molecule has 0 rings (SSSR count). The molecule has 0 aliphatic heterocycles. The van der Waals surface area contributed by atoms with Crippen molar-refractivity contribution in [1.29, 1.82) is 0 Å². The monoisotopic (exact) mass is 709 g/mol. The van der Waals surface area contributed by atoms with Crippen molar-refractivity contribution < 1.29 is 19.4 Å². The van der Waals surface area contributed by atoms with Crippen molar-refractivity contribution in [3.63, 3.8) is 0 Å². The SMILES string of the molecule is CCCCCCCCCCCCCCCCCCCCCCCCCOCC(CO)OC(=O)CCCCCCCCCCCCCCCCC. The first kappa shape index (κ1) is 49.4. The maximum absolute atomic E-state index is 12.2. The number of aliphatic hydroxyl groups is 1. The van der Waals surface area contributed by atoms with Gasteiger partial charge in [0.05, 0.1) is 13.2 Å². The molecule has 0 bridgehead atoms. The molecule has 0 amide bonds. The van der Waals surface area contributed by atoms with Gasteiger partial charge in [-0.2, -0.15) is 0 Å². The van der Waals surface area contributed by atoms with Crippen LogP contribution in [0.4, 0.5) is 0 Å². The standard InChI is InChI=1S/C46H92O4/c1-3-5-7-9-11-13-15-17-19-20-21-22-23-24-25-26-28-30-32-34-36-38-40-42-49-44-45(43-47)50-46(48)41-39-37-35-33-31-29-27-18-16-14-12-10-8-6-4-2/h45,47H,3-44H2,1-2H3. The molecular weight excluding hydrogens is 617 g/mol. The lowest BCUT2D eigenvalue weighted by Crippen LogP contribution is -2.27. The van der Waals surface area contributed by atoms with E-state index >= 15 is 0 Å². The van der Waals surface area contributed by atoms with Crippen molar-refractivity contribution in [1.82, 2.24) is 0 Å². The average molecular weight is 709 g/mol. The van der Waals surface area contributed by atoms with Gasteiger partial charge in [-0.05, 0) is 12.8 Å². The summed E-state index contributed by atoms with van der Waals surface area (Å²) in [5.41, 5.74) is 0. The minimum Gasteiger partial charge on any atom is -0.457 e. The minimum atomic E-state index is -0.525. The summed E-state index contributed by atoms with van der Waals surface area (Å²) in [6.07, 6.45) is 51.8. The number of hydrogen-bond acceptors (Lipinski definition) is 4. The molecule has 0 saturated carbocycles. The van der Waals surface area contributed by atoms with E-state index in [2.05, 4.69) is 13.8 Å². The Morgan fingerprint density at radius 1 is 0.400 bits per heavy atom. The van der Waals surface area contributed by atoms with E-state index in [-0.39, 0.29) is 12.6 Å². The van der Waals surface area contributed by atoms with Gasteiger partial charge in [0.25, 0.3) is 0 Å². The highest BCUT2D eigenvalue weighted by molar-refractivity contribution is 5.69. The molecule has 0 saturated heterocycles. The first-order valence-corrected chi connectivity index (χ1v) is 23.1. The number of ether oxygens (including phenoxy) is 2. The first-order chi connectivity index (χ1) is 24.7. The maximum atomic E-state index is 12.2. The highest BCUT2D eigenvalue weighted by atomic mass is 16.6. The van der Waals surface area contributed by atoms with Crippen LogP contribution in [-0.4, -0.2) is 37.0 Å². The number of carbonyl (C=O) groups is 1. The molecule has 1 atom stereocenters. The molecule has 0 aromatic carbocycles. The summed E-state index contributed by atoms with van der Waals surface area (Å²) in [5.74, 6) is -0.193. The molecule has 300 valence electrons. The fourth-order valence-corrected chi connectivity index (χ4v) is 7.21. The number of aliphatic hydroxyl groups excluding tert-OH is 1. The summed E-state index contributed by atoms with van der Waals surface area (Å²) in [7, 11) is 0. The second-order valence-electron chi connectivity index (χ2n) is 15.8. The molecule has 50 heavy (non-hydrogen) atoms. The van der Waals surface area contributed by atoms with Gasteiger partial charge >= 0.3 is 5.97 Å². The van der Waals surface area contributed by atoms with Gasteiger partial charge in [-0.3, -0.25) is 4.79 Å². The predicted octanol–water partition coefficient (Wildman–Crippen LogP) is 15.2. The van der Waals surface area contributed by atoms with Crippen molar-refractivity contribution in [3.05, 3.63) is 0 Å². The molecule has 0 spiro atoms. The van der Waals surface area contributed by atoms with Gasteiger partial charge in [0.2, 0.25) is 0 Å². The number of carbonyl (C=O) groups excluding carboxylic acids is 1. The van der Waals surface area contributed by atoms with Crippen LogP contribution in [0.3, 0.4) is 0 Å². The van der Waals surface area contributed by atoms with E-state index < -0.39 is 6.10 Å². The highest BCUT2D eigenvalue weighted by Crippen LogP contribution is 2.17. The minimum absolute atomic E-state index is 0.163. The summed E-state index contributed by atoms with van der Waals surface area (Å²) in [6.45, 7) is 5.41. The van der Waals surface area contributed by atoms with Gasteiger partial charge in [-0.1, -0.05) is 245 Å². The molecule has 0 fully saturated rings. The lowest BCUT2D eigenvalue weighted by molar-refractivity contribution is -0.154.